The zero-order valence-corrected chi connectivity index (χ0v) is 11.2. The number of ether oxygens (including phenoxy) is 1. The first-order valence-corrected chi connectivity index (χ1v) is 6.06. The van der Waals surface area contributed by atoms with Gasteiger partial charge in [0.2, 0.25) is 0 Å². The highest BCUT2D eigenvalue weighted by Crippen LogP contribution is 2.22. The van der Waals surface area contributed by atoms with Gasteiger partial charge in [0.25, 0.3) is 11.8 Å². The maximum atomic E-state index is 13.3. The zero-order valence-electron chi connectivity index (χ0n) is 11.2. The minimum Gasteiger partial charge on any atom is -0.496 e. The van der Waals surface area contributed by atoms with Crippen LogP contribution in [0.5, 0.6) is 5.75 Å². The van der Waals surface area contributed by atoms with Crippen molar-refractivity contribution in [3.05, 3.63) is 59.4 Å². The van der Waals surface area contributed by atoms with E-state index >= 15 is 0 Å². The maximum absolute atomic E-state index is 13.3. The summed E-state index contributed by atoms with van der Waals surface area (Å²) in [6, 6.07) is 9.88. The number of para-hydroxylation sites is 1. The maximum Gasteiger partial charge on any atom is 0.259 e. The summed E-state index contributed by atoms with van der Waals surface area (Å²) in [5.74, 6) is -1.60. The molecule has 0 aromatic heterocycles. The van der Waals surface area contributed by atoms with E-state index < -0.39 is 17.6 Å². The standard InChI is InChI=1S/C15H13FN2O3/c1-21-13-7-6-9(16)8-11(13)15(20)18-12-5-3-2-4-10(12)14(17)19/h2-8H,1H3,(H2,17,19)(H,18,20). The molecule has 3 N–H and O–H groups in total. The van der Waals surface area contributed by atoms with Gasteiger partial charge < -0.3 is 15.8 Å². The molecule has 0 aliphatic carbocycles. The minimum absolute atomic E-state index is 0.0248. The Balaban J connectivity index is 2.35. The number of nitrogens with two attached hydrogens (primary N) is 1. The molecule has 0 saturated heterocycles. The Labute approximate surface area is 120 Å². The average molecular weight is 288 g/mol. The molecule has 0 radical (unpaired) electrons. The summed E-state index contributed by atoms with van der Waals surface area (Å²) in [4.78, 5) is 23.5. The Kier molecular flexibility index (Phi) is 4.18. The van der Waals surface area contributed by atoms with Crippen molar-refractivity contribution in [2.24, 2.45) is 5.73 Å². The van der Waals surface area contributed by atoms with Crippen LogP contribution in [-0.2, 0) is 0 Å². The molecule has 0 aliphatic heterocycles. The van der Waals surface area contributed by atoms with Crippen LogP contribution in [0.1, 0.15) is 20.7 Å². The van der Waals surface area contributed by atoms with E-state index in [0.717, 1.165) is 6.07 Å². The second kappa shape index (κ2) is 6.04. The number of halogens is 1. The molecule has 0 heterocycles. The summed E-state index contributed by atoms with van der Waals surface area (Å²) in [5.41, 5.74) is 5.68. The molecule has 2 amide bonds. The largest absolute Gasteiger partial charge is 0.496 e. The molecule has 5 nitrogen and oxygen atoms in total. The first-order valence-electron chi connectivity index (χ1n) is 6.06. The fourth-order valence-electron chi connectivity index (χ4n) is 1.85. The molecule has 0 spiro atoms. The number of rotatable bonds is 4. The Hall–Kier alpha value is -2.89. The van der Waals surface area contributed by atoms with E-state index in [-0.39, 0.29) is 22.6 Å². The molecular formula is C15H13FN2O3. The van der Waals surface area contributed by atoms with Gasteiger partial charge in [0.15, 0.2) is 0 Å². The van der Waals surface area contributed by atoms with Gasteiger partial charge in [0.1, 0.15) is 11.6 Å². The van der Waals surface area contributed by atoms with Crippen molar-refractivity contribution >= 4 is 17.5 Å². The summed E-state index contributed by atoms with van der Waals surface area (Å²) < 4.78 is 18.3. The number of methoxy groups -OCH3 is 1. The van der Waals surface area contributed by atoms with E-state index in [2.05, 4.69) is 5.32 Å². The highest BCUT2D eigenvalue weighted by molar-refractivity contribution is 6.09. The molecule has 0 unspecified atom stereocenters. The number of amides is 2. The predicted molar refractivity (Wildman–Crippen MR) is 75.9 cm³/mol. The lowest BCUT2D eigenvalue weighted by atomic mass is 10.1. The summed E-state index contributed by atoms with van der Waals surface area (Å²) in [5, 5.41) is 2.52. The molecule has 6 heteroatoms. The Morgan fingerprint density at radius 2 is 1.86 bits per heavy atom. The number of carbonyl (C=O) groups is 2. The third-order valence-electron chi connectivity index (χ3n) is 2.85. The van der Waals surface area contributed by atoms with Gasteiger partial charge in [-0.2, -0.15) is 0 Å². The van der Waals surface area contributed by atoms with Gasteiger partial charge in [-0.15, -0.1) is 0 Å². The molecule has 2 aromatic carbocycles. The summed E-state index contributed by atoms with van der Waals surface area (Å²) in [6.07, 6.45) is 0. The topological polar surface area (TPSA) is 81.4 Å². The first-order chi connectivity index (χ1) is 10.0. The smallest absolute Gasteiger partial charge is 0.259 e. The fourth-order valence-corrected chi connectivity index (χ4v) is 1.85. The molecule has 0 saturated carbocycles. The molecule has 0 bridgehead atoms. The number of primary amides is 1. The fraction of sp³-hybridized carbons (Fsp3) is 0.0667. The van der Waals surface area contributed by atoms with Gasteiger partial charge in [0.05, 0.1) is 23.9 Å². The van der Waals surface area contributed by atoms with E-state index in [1.807, 2.05) is 0 Å². The second-order valence-electron chi connectivity index (χ2n) is 4.21. The Morgan fingerprint density at radius 3 is 2.52 bits per heavy atom. The zero-order chi connectivity index (χ0) is 15.4. The van der Waals surface area contributed by atoms with Gasteiger partial charge in [-0.05, 0) is 30.3 Å². The van der Waals surface area contributed by atoms with Crippen LogP contribution in [0.4, 0.5) is 10.1 Å². The van der Waals surface area contributed by atoms with Gasteiger partial charge in [0, 0.05) is 0 Å². The summed E-state index contributed by atoms with van der Waals surface area (Å²) >= 11 is 0. The number of carbonyl (C=O) groups excluding carboxylic acids is 2. The number of hydrogen-bond acceptors (Lipinski definition) is 3. The Morgan fingerprint density at radius 1 is 1.14 bits per heavy atom. The van der Waals surface area contributed by atoms with Gasteiger partial charge in [-0.3, -0.25) is 9.59 Å². The molecular weight excluding hydrogens is 275 g/mol. The summed E-state index contributed by atoms with van der Waals surface area (Å²) in [7, 11) is 1.38. The highest BCUT2D eigenvalue weighted by atomic mass is 19.1. The second-order valence-corrected chi connectivity index (χ2v) is 4.21. The van der Waals surface area contributed by atoms with Crippen LogP contribution >= 0.6 is 0 Å². The highest BCUT2D eigenvalue weighted by Gasteiger charge is 2.16. The number of hydrogen-bond donors (Lipinski definition) is 2. The normalized spacial score (nSPS) is 10.0. The molecule has 2 rings (SSSR count). The monoisotopic (exact) mass is 288 g/mol. The lowest BCUT2D eigenvalue weighted by Gasteiger charge is -2.11. The van der Waals surface area contributed by atoms with Crippen molar-refractivity contribution in [3.8, 4) is 5.75 Å². The van der Waals surface area contributed by atoms with Crippen LogP contribution in [0, 0.1) is 5.82 Å². The molecule has 0 fully saturated rings. The van der Waals surface area contributed by atoms with E-state index in [9.17, 15) is 14.0 Å². The number of nitrogens with one attached hydrogen (secondary N) is 1. The van der Waals surface area contributed by atoms with Crippen LogP contribution in [0.25, 0.3) is 0 Å². The van der Waals surface area contributed by atoms with Crippen LogP contribution in [0.2, 0.25) is 0 Å². The van der Waals surface area contributed by atoms with E-state index in [0.29, 0.717) is 0 Å². The van der Waals surface area contributed by atoms with Gasteiger partial charge in [-0.25, -0.2) is 4.39 Å². The van der Waals surface area contributed by atoms with Crippen LogP contribution in [0.15, 0.2) is 42.5 Å². The van der Waals surface area contributed by atoms with Crippen molar-refractivity contribution in [1.29, 1.82) is 0 Å². The molecule has 2 aromatic rings. The lowest BCUT2D eigenvalue weighted by Crippen LogP contribution is -2.18. The van der Waals surface area contributed by atoms with E-state index in [1.54, 1.807) is 12.1 Å². The third-order valence-corrected chi connectivity index (χ3v) is 2.85. The van der Waals surface area contributed by atoms with Crippen molar-refractivity contribution < 1.29 is 18.7 Å². The number of anilines is 1. The lowest BCUT2D eigenvalue weighted by molar-refractivity contribution is 0.100. The van der Waals surface area contributed by atoms with Crippen LogP contribution < -0.4 is 15.8 Å². The van der Waals surface area contributed by atoms with Crippen molar-refractivity contribution in [3.63, 3.8) is 0 Å². The third kappa shape index (κ3) is 3.17. The Bertz CT molecular complexity index is 701. The molecule has 108 valence electrons. The minimum atomic E-state index is -0.669. The van der Waals surface area contributed by atoms with E-state index in [4.69, 9.17) is 10.5 Å². The van der Waals surface area contributed by atoms with Crippen molar-refractivity contribution in [2.75, 3.05) is 12.4 Å². The van der Waals surface area contributed by atoms with Crippen molar-refractivity contribution in [1.82, 2.24) is 0 Å². The number of benzene rings is 2. The average Bonchev–Trinajstić information content (AvgIpc) is 2.47. The summed E-state index contributed by atoms with van der Waals surface area (Å²) in [6.45, 7) is 0. The van der Waals surface area contributed by atoms with Gasteiger partial charge in [-0.1, -0.05) is 12.1 Å². The van der Waals surface area contributed by atoms with Crippen molar-refractivity contribution in [2.45, 2.75) is 0 Å². The first kappa shape index (κ1) is 14.5. The predicted octanol–water partition coefficient (Wildman–Crippen LogP) is 2.19. The quantitative estimate of drug-likeness (QED) is 0.904. The molecule has 21 heavy (non-hydrogen) atoms. The van der Waals surface area contributed by atoms with E-state index in [1.165, 1.54) is 31.4 Å². The molecule has 0 aliphatic rings. The van der Waals surface area contributed by atoms with Gasteiger partial charge >= 0.3 is 0 Å². The van der Waals surface area contributed by atoms with Crippen LogP contribution in [0.3, 0.4) is 0 Å². The molecule has 0 atom stereocenters. The van der Waals surface area contributed by atoms with Crippen LogP contribution in [-0.4, -0.2) is 18.9 Å². The SMILES string of the molecule is COc1ccc(F)cc1C(=O)Nc1ccccc1C(N)=O.